The van der Waals surface area contributed by atoms with Crippen LogP contribution >= 0.6 is 22.9 Å². The normalized spacial score (nSPS) is 10.6. The van der Waals surface area contributed by atoms with Crippen LogP contribution in [0.3, 0.4) is 0 Å². The van der Waals surface area contributed by atoms with Crippen LogP contribution in [0.25, 0.3) is 10.7 Å². The lowest BCUT2D eigenvalue weighted by Crippen LogP contribution is -2.11. The van der Waals surface area contributed by atoms with Gasteiger partial charge in [-0.15, -0.1) is 15.3 Å². The van der Waals surface area contributed by atoms with Crippen molar-refractivity contribution in [2.24, 2.45) is 0 Å². The summed E-state index contributed by atoms with van der Waals surface area (Å²) in [6.07, 6.45) is 0. The van der Waals surface area contributed by atoms with E-state index in [0.29, 0.717) is 0 Å². The highest BCUT2D eigenvalue weighted by Crippen LogP contribution is 2.21. The fraction of sp³-hybridized carbons (Fsp3) is 0.429. The highest BCUT2D eigenvalue weighted by molar-refractivity contribution is 7.14. The second-order valence-electron chi connectivity index (χ2n) is 2.57. The van der Waals surface area contributed by atoms with Gasteiger partial charge in [0.05, 0.1) is 0 Å². The summed E-state index contributed by atoms with van der Waals surface area (Å²) in [7, 11) is 0. The van der Waals surface area contributed by atoms with E-state index in [4.69, 9.17) is 0 Å². The van der Waals surface area contributed by atoms with Crippen LogP contribution in [0.15, 0.2) is 5.38 Å². The van der Waals surface area contributed by atoms with E-state index < -0.39 is 0 Å². The molecule has 0 bridgehead atoms. The molecule has 2 heterocycles. The zero-order chi connectivity index (χ0) is 9.80. The van der Waals surface area contributed by atoms with Gasteiger partial charge >= 0.3 is 0 Å². The Morgan fingerprint density at radius 1 is 1.36 bits per heavy atom. The Morgan fingerprint density at radius 2 is 2.29 bits per heavy atom. The van der Waals surface area contributed by atoms with Gasteiger partial charge in [-0.25, -0.2) is 0 Å². The third-order valence-corrected chi connectivity index (χ3v) is 3.02. The van der Waals surface area contributed by atoms with Gasteiger partial charge in [0.25, 0.3) is 0 Å². The van der Waals surface area contributed by atoms with E-state index in [2.05, 4.69) is 32.0 Å². The van der Waals surface area contributed by atoms with Gasteiger partial charge in [-0.3, -0.25) is 0 Å². The Labute approximate surface area is 89.4 Å². The van der Waals surface area contributed by atoms with E-state index in [-0.39, 0.29) is 0 Å². The van der Waals surface area contributed by atoms with Gasteiger partial charge in [-0.2, -0.15) is 0 Å². The molecule has 2 aromatic rings. The Morgan fingerprint density at radius 3 is 3.00 bits per heavy atom. The van der Waals surface area contributed by atoms with Crippen LogP contribution in [-0.4, -0.2) is 26.3 Å². The van der Waals surface area contributed by atoms with Gasteiger partial charge in [0, 0.05) is 11.9 Å². The lowest BCUT2D eigenvalue weighted by atomic mass is 10.5. The maximum Gasteiger partial charge on any atom is 0.169 e. The van der Waals surface area contributed by atoms with Gasteiger partial charge in [0.1, 0.15) is 10.7 Å². The predicted molar refractivity (Wildman–Crippen MR) is 56.2 cm³/mol. The molecule has 0 radical (unpaired) electrons. The molecular weight excluding hydrogens is 218 g/mol. The van der Waals surface area contributed by atoms with Crippen LogP contribution in [0.4, 0.5) is 0 Å². The third kappa shape index (κ3) is 2.11. The minimum atomic E-state index is 0.770. The molecule has 5 nitrogen and oxygen atoms in total. The first-order valence-electron chi connectivity index (χ1n) is 4.20. The first-order chi connectivity index (χ1) is 6.90. The molecule has 2 aromatic heterocycles. The summed E-state index contributed by atoms with van der Waals surface area (Å²) < 4.78 is 3.78. The van der Waals surface area contributed by atoms with E-state index in [0.717, 1.165) is 28.8 Å². The molecule has 14 heavy (non-hydrogen) atoms. The second-order valence-corrected chi connectivity index (χ2v) is 4.24. The molecular formula is C7H9N5S2. The van der Waals surface area contributed by atoms with E-state index in [9.17, 15) is 0 Å². The molecule has 0 aromatic carbocycles. The van der Waals surface area contributed by atoms with E-state index in [1.165, 1.54) is 11.5 Å². The van der Waals surface area contributed by atoms with E-state index in [1.807, 2.05) is 5.38 Å². The molecule has 1 N–H and O–H groups in total. The SMILES string of the molecule is CCNCc1nnc(-c2csnn2)s1. The lowest BCUT2D eigenvalue weighted by molar-refractivity contribution is 0.715. The monoisotopic (exact) mass is 227 g/mol. The quantitative estimate of drug-likeness (QED) is 0.849. The fourth-order valence-corrected chi connectivity index (χ4v) is 2.20. The van der Waals surface area contributed by atoms with Crippen molar-refractivity contribution in [2.45, 2.75) is 13.5 Å². The van der Waals surface area contributed by atoms with Crippen LogP contribution in [0.1, 0.15) is 11.9 Å². The fourth-order valence-electron chi connectivity index (χ4n) is 0.918. The number of nitrogens with one attached hydrogen (secondary N) is 1. The van der Waals surface area contributed by atoms with Crippen LogP contribution in [0.5, 0.6) is 0 Å². The van der Waals surface area contributed by atoms with Crippen molar-refractivity contribution in [1.29, 1.82) is 0 Å². The number of hydrogen-bond donors (Lipinski definition) is 1. The highest BCUT2D eigenvalue weighted by atomic mass is 32.1. The van der Waals surface area contributed by atoms with Gasteiger partial charge < -0.3 is 5.32 Å². The van der Waals surface area contributed by atoms with E-state index in [1.54, 1.807) is 11.3 Å². The molecule has 7 heteroatoms. The summed E-state index contributed by atoms with van der Waals surface area (Å²) >= 11 is 2.87. The Bertz CT molecular complexity index is 382. The standard InChI is InChI=1S/C7H9N5S2/c1-2-8-3-6-10-11-7(14-6)5-4-13-12-9-5/h4,8H,2-3H2,1H3. The second kappa shape index (κ2) is 4.54. The summed E-state index contributed by atoms with van der Waals surface area (Å²) in [6.45, 7) is 3.77. The molecule has 74 valence electrons. The van der Waals surface area contributed by atoms with Gasteiger partial charge in [0.15, 0.2) is 5.01 Å². The molecule has 0 amide bonds. The summed E-state index contributed by atoms with van der Waals surface area (Å²) in [5.41, 5.74) is 0.815. The Balaban J connectivity index is 2.10. The smallest absolute Gasteiger partial charge is 0.169 e. The molecule has 0 spiro atoms. The van der Waals surface area contributed by atoms with Crippen molar-refractivity contribution < 1.29 is 0 Å². The molecule has 0 aliphatic heterocycles. The van der Waals surface area contributed by atoms with Gasteiger partial charge in [-0.05, 0) is 18.1 Å². The maximum atomic E-state index is 4.05. The third-order valence-electron chi connectivity index (χ3n) is 1.57. The summed E-state index contributed by atoms with van der Waals surface area (Å²) in [4.78, 5) is 0. The molecule has 2 rings (SSSR count). The number of hydrogen-bond acceptors (Lipinski definition) is 7. The largest absolute Gasteiger partial charge is 0.311 e. The first-order valence-corrected chi connectivity index (χ1v) is 5.86. The molecule has 0 saturated heterocycles. The van der Waals surface area contributed by atoms with Crippen molar-refractivity contribution >= 4 is 22.9 Å². The predicted octanol–water partition coefficient (Wildman–Crippen LogP) is 1.17. The number of nitrogens with zero attached hydrogens (tertiary/aromatic N) is 4. The summed E-state index contributed by atoms with van der Waals surface area (Å²) in [5, 5.41) is 18.9. The summed E-state index contributed by atoms with van der Waals surface area (Å²) in [5.74, 6) is 0. The molecule has 0 fully saturated rings. The minimum Gasteiger partial charge on any atom is -0.311 e. The van der Waals surface area contributed by atoms with Crippen molar-refractivity contribution in [3.63, 3.8) is 0 Å². The highest BCUT2D eigenvalue weighted by Gasteiger charge is 2.07. The van der Waals surface area contributed by atoms with Crippen LogP contribution in [0, 0.1) is 0 Å². The molecule has 0 unspecified atom stereocenters. The number of rotatable bonds is 4. The van der Waals surface area contributed by atoms with Crippen LogP contribution in [0.2, 0.25) is 0 Å². The van der Waals surface area contributed by atoms with Crippen molar-refractivity contribution in [3.8, 4) is 10.7 Å². The molecule has 0 aliphatic rings. The Kier molecular flexibility index (Phi) is 3.12. The average Bonchev–Trinajstić information content (AvgIpc) is 2.85. The van der Waals surface area contributed by atoms with E-state index >= 15 is 0 Å². The molecule has 0 saturated carbocycles. The maximum absolute atomic E-state index is 4.05. The van der Waals surface area contributed by atoms with Crippen molar-refractivity contribution in [1.82, 2.24) is 25.1 Å². The Hall–Kier alpha value is -0.920. The molecule has 0 aliphatic carbocycles. The van der Waals surface area contributed by atoms with Gasteiger partial charge in [-0.1, -0.05) is 22.7 Å². The summed E-state index contributed by atoms with van der Waals surface area (Å²) in [6, 6.07) is 0. The zero-order valence-corrected chi connectivity index (χ0v) is 9.23. The average molecular weight is 227 g/mol. The molecule has 0 atom stereocenters. The lowest BCUT2D eigenvalue weighted by Gasteiger charge is -1.92. The minimum absolute atomic E-state index is 0.770. The number of aromatic nitrogens is 4. The topological polar surface area (TPSA) is 63.6 Å². The van der Waals surface area contributed by atoms with Crippen LogP contribution in [-0.2, 0) is 6.54 Å². The first kappa shape index (κ1) is 9.63. The van der Waals surface area contributed by atoms with Gasteiger partial charge in [0.2, 0.25) is 0 Å². The zero-order valence-electron chi connectivity index (χ0n) is 7.60. The van der Waals surface area contributed by atoms with Crippen molar-refractivity contribution in [2.75, 3.05) is 6.54 Å². The van der Waals surface area contributed by atoms with Crippen LogP contribution < -0.4 is 5.32 Å². The van der Waals surface area contributed by atoms with Crippen molar-refractivity contribution in [3.05, 3.63) is 10.4 Å².